The highest BCUT2D eigenvalue weighted by molar-refractivity contribution is 7.13. The molecule has 4 nitrogen and oxygen atoms in total. The predicted octanol–water partition coefficient (Wildman–Crippen LogP) is 3.76. The Balaban J connectivity index is 1.41. The van der Waals surface area contributed by atoms with Gasteiger partial charge in [-0.2, -0.15) is 0 Å². The second-order valence-corrected chi connectivity index (χ2v) is 7.51. The summed E-state index contributed by atoms with van der Waals surface area (Å²) in [6.45, 7) is 2.78. The van der Waals surface area contributed by atoms with Crippen molar-refractivity contribution >= 4 is 34.0 Å². The highest BCUT2D eigenvalue weighted by Gasteiger charge is 2.21. The monoisotopic (exact) mass is 363 g/mol. The minimum atomic E-state index is 0.112. The molecule has 1 aliphatic rings. The Labute approximate surface area is 151 Å². The standard InChI is InChI=1S/C18H22ClN3OS/c19-16-5-1-3-14(11-16)6-7-17(23)21-12-15-4-2-9-22(13-15)18-20-8-10-24-18/h1,3,5,8,10-11,15H,2,4,6-7,9,12-13H2,(H,21,23). The van der Waals surface area contributed by atoms with Crippen LogP contribution in [0.5, 0.6) is 0 Å². The summed E-state index contributed by atoms with van der Waals surface area (Å²) in [5.74, 6) is 0.610. The van der Waals surface area contributed by atoms with Crippen LogP contribution < -0.4 is 10.2 Å². The van der Waals surface area contributed by atoms with Gasteiger partial charge in [-0.25, -0.2) is 4.98 Å². The van der Waals surface area contributed by atoms with Gasteiger partial charge < -0.3 is 10.2 Å². The number of amides is 1. The van der Waals surface area contributed by atoms with Crippen molar-refractivity contribution in [1.29, 1.82) is 0 Å². The SMILES string of the molecule is O=C(CCc1cccc(Cl)c1)NCC1CCCN(c2nccs2)C1. The lowest BCUT2D eigenvalue weighted by atomic mass is 9.98. The van der Waals surface area contributed by atoms with Gasteiger partial charge in [0.15, 0.2) is 5.13 Å². The molecule has 3 rings (SSSR count). The molecule has 0 saturated carbocycles. The third-order valence-electron chi connectivity index (χ3n) is 4.33. The second-order valence-electron chi connectivity index (χ2n) is 6.20. The van der Waals surface area contributed by atoms with Crippen molar-refractivity contribution in [3.05, 3.63) is 46.4 Å². The molecule has 2 heterocycles. The van der Waals surface area contributed by atoms with Crippen molar-refractivity contribution < 1.29 is 4.79 Å². The van der Waals surface area contributed by atoms with Gasteiger partial charge >= 0.3 is 0 Å². The zero-order valence-electron chi connectivity index (χ0n) is 13.6. The molecule has 0 bridgehead atoms. The number of hydrogen-bond acceptors (Lipinski definition) is 4. The topological polar surface area (TPSA) is 45.2 Å². The molecule has 24 heavy (non-hydrogen) atoms. The Morgan fingerprint density at radius 3 is 3.17 bits per heavy atom. The normalized spacial score (nSPS) is 17.7. The van der Waals surface area contributed by atoms with Crippen molar-refractivity contribution in [3.8, 4) is 0 Å². The van der Waals surface area contributed by atoms with Crippen LogP contribution in [0.1, 0.15) is 24.8 Å². The van der Waals surface area contributed by atoms with Gasteiger partial charge in [-0.05, 0) is 42.9 Å². The summed E-state index contributed by atoms with van der Waals surface area (Å²) < 4.78 is 0. The maximum atomic E-state index is 12.1. The van der Waals surface area contributed by atoms with Crippen LogP contribution in [-0.4, -0.2) is 30.5 Å². The third-order valence-corrected chi connectivity index (χ3v) is 5.39. The number of halogens is 1. The summed E-state index contributed by atoms with van der Waals surface area (Å²) in [5.41, 5.74) is 1.10. The van der Waals surface area contributed by atoms with Gasteiger partial charge in [0.05, 0.1) is 0 Å². The molecule has 0 aliphatic carbocycles. The molecule has 128 valence electrons. The van der Waals surface area contributed by atoms with Gasteiger partial charge in [-0.1, -0.05) is 23.7 Å². The number of hydrogen-bond donors (Lipinski definition) is 1. The van der Waals surface area contributed by atoms with Crippen LogP contribution in [-0.2, 0) is 11.2 Å². The number of nitrogens with one attached hydrogen (secondary N) is 1. The smallest absolute Gasteiger partial charge is 0.220 e. The average Bonchev–Trinajstić information content (AvgIpc) is 3.13. The van der Waals surface area contributed by atoms with Gasteiger partial charge in [0, 0.05) is 42.7 Å². The largest absolute Gasteiger partial charge is 0.356 e. The average molecular weight is 364 g/mol. The third kappa shape index (κ3) is 4.95. The number of benzene rings is 1. The summed E-state index contributed by atoms with van der Waals surface area (Å²) in [6.07, 6.45) is 5.39. The molecule has 1 atom stereocenters. The lowest BCUT2D eigenvalue weighted by Gasteiger charge is -2.32. The number of piperidine rings is 1. The molecule has 1 aliphatic heterocycles. The van der Waals surface area contributed by atoms with Crippen LogP contribution >= 0.6 is 22.9 Å². The van der Waals surface area contributed by atoms with E-state index in [-0.39, 0.29) is 5.91 Å². The van der Waals surface area contributed by atoms with Crippen LogP contribution in [0, 0.1) is 5.92 Å². The minimum Gasteiger partial charge on any atom is -0.356 e. The second kappa shape index (κ2) is 8.49. The van der Waals surface area contributed by atoms with Gasteiger partial charge in [-0.3, -0.25) is 4.79 Å². The maximum absolute atomic E-state index is 12.1. The Bertz CT molecular complexity index is 662. The van der Waals surface area contributed by atoms with E-state index >= 15 is 0 Å². The van der Waals surface area contributed by atoms with Gasteiger partial charge in [0.25, 0.3) is 0 Å². The molecule has 1 unspecified atom stereocenters. The lowest BCUT2D eigenvalue weighted by molar-refractivity contribution is -0.121. The molecule has 0 radical (unpaired) electrons. The van der Waals surface area contributed by atoms with E-state index in [2.05, 4.69) is 15.2 Å². The van der Waals surface area contributed by atoms with E-state index in [4.69, 9.17) is 11.6 Å². The highest BCUT2D eigenvalue weighted by atomic mass is 35.5. The zero-order valence-corrected chi connectivity index (χ0v) is 15.2. The van der Waals surface area contributed by atoms with Crippen LogP contribution in [0.25, 0.3) is 0 Å². The van der Waals surface area contributed by atoms with E-state index < -0.39 is 0 Å². The molecule has 2 aromatic rings. The van der Waals surface area contributed by atoms with E-state index in [1.54, 1.807) is 11.3 Å². The van der Waals surface area contributed by atoms with E-state index in [9.17, 15) is 4.79 Å². The fourth-order valence-corrected chi connectivity index (χ4v) is 3.97. The quantitative estimate of drug-likeness (QED) is 0.849. The minimum absolute atomic E-state index is 0.112. The number of carbonyl (C=O) groups excluding carboxylic acids is 1. The Kier molecular flexibility index (Phi) is 6.10. The van der Waals surface area contributed by atoms with Crippen molar-refractivity contribution in [3.63, 3.8) is 0 Å². The van der Waals surface area contributed by atoms with Crippen LogP contribution in [0.2, 0.25) is 5.02 Å². The number of anilines is 1. The van der Waals surface area contributed by atoms with Crippen LogP contribution in [0.3, 0.4) is 0 Å². The van der Waals surface area contributed by atoms with Crippen molar-refractivity contribution in [1.82, 2.24) is 10.3 Å². The summed E-state index contributed by atoms with van der Waals surface area (Å²) in [7, 11) is 0. The van der Waals surface area contributed by atoms with Gasteiger partial charge in [0.2, 0.25) is 5.91 Å². The molecular formula is C18H22ClN3OS. The first kappa shape index (κ1) is 17.2. The van der Waals surface area contributed by atoms with Crippen molar-refractivity contribution in [2.24, 2.45) is 5.92 Å². The number of carbonyl (C=O) groups is 1. The number of aryl methyl sites for hydroxylation is 1. The van der Waals surface area contributed by atoms with Crippen LogP contribution in [0.4, 0.5) is 5.13 Å². The lowest BCUT2D eigenvalue weighted by Crippen LogP contribution is -2.41. The molecule has 1 N–H and O–H groups in total. The summed E-state index contributed by atoms with van der Waals surface area (Å²) in [4.78, 5) is 18.8. The summed E-state index contributed by atoms with van der Waals surface area (Å²) >= 11 is 7.65. The zero-order chi connectivity index (χ0) is 16.8. The fraction of sp³-hybridized carbons (Fsp3) is 0.444. The fourth-order valence-electron chi connectivity index (χ4n) is 3.07. The number of nitrogens with zero attached hydrogens (tertiary/aromatic N) is 2. The maximum Gasteiger partial charge on any atom is 0.220 e. The van der Waals surface area contributed by atoms with E-state index in [0.717, 1.165) is 54.6 Å². The molecule has 6 heteroatoms. The molecule has 1 aromatic carbocycles. The van der Waals surface area contributed by atoms with E-state index in [1.807, 2.05) is 35.8 Å². The first-order valence-corrected chi connectivity index (χ1v) is 9.62. The summed E-state index contributed by atoms with van der Waals surface area (Å²) in [6, 6.07) is 7.70. The Hall–Kier alpha value is -1.59. The Morgan fingerprint density at radius 2 is 2.38 bits per heavy atom. The first-order chi connectivity index (χ1) is 11.7. The number of aromatic nitrogens is 1. The molecule has 0 spiro atoms. The molecule has 1 amide bonds. The molecule has 1 aromatic heterocycles. The molecule has 1 fully saturated rings. The molecular weight excluding hydrogens is 342 g/mol. The summed E-state index contributed by atoms with van der Waals surface area (Å²) in [5, 5.41) is 6.91. The molecule has 1 saturated heterocycles. The van der Waals surface area contributed by atoms with Crippen LogP contribution in [0.15, 0.2) is 35.8 Å². The van der Waals surface area contributed by atoms with E-state index in [0.29, 0.717) is 12.3 Å². The van der Waals surface area contributed by atoms with Crippen molar-refractivity contribution in [2.45, 2.75) is 25.7 Å². The van der Waals surface area contributed by atoms with Gasteiger partial charge in [0.1, 0.15) is 0 Å². The van der Waals surface area contributed by atoms with Gasteiger partial charge in [-0.15, -0.1) is 11.3 Å². The van der Waals surface area contributed by atoms with Crippen molar-refractivity contribution in [2.75, 3.05) is 24.5 Å². The number of rotatable bonds is 6. The predicted molar refractivity (Wildman–Crippen MR) is 99.8 cm³/mol. The van der Waals surface area contributed by atoms with E-state index in [1.165, 1.54) is 0 Å². The highest BCUT2D eigenvalue weighted by Crippen LogP contribution is 2.24. The first-order valence-electron chi connectivity index (χ1n) is 8.36. The number of thiazole rings is 1. The Morgan fingerprint density at radius 1 is 1.46 bits per heavy atom.